The predicted octanol–water partition coefficient (Wildman–Crippen LogP) is 5.34. The second-order valence-electron chi connectivity index (χ2n) is 9.71. The number of hydrogen-bond donors (Lipinski definition) is 1. The summed E-state index contributed by atoms with van der Waals surface area (Å²) in [6, 6.07) is 12.1. The first kappa shape index (κ1) is 25.5. The van der Waals surface area contributed by atoms with Crippen molar-refractivity contribution in [3.63, 3.8) is 0 Å². The molecule has 1 N–H and O–H groups in total. The van der Waals surface area contributed by atoms with Gasteiger partial charge in [0.05, 0.1) is 6.61 Å². The first-order chi connectivity index (χ1) is 16.8. The maximum atomic E-state index is 11.2. The summed E-state index contributed by atoms with van der Waals surface area (Å²) in [5.41, 5.74) is 2.32. The van der Waals surface area contributed by atoms with E-state index >= 15 is 0 Å². The zero-order valence-corrected chi connectivity index (χ0v) is 21.7. The number of ether oxygens (including phenoxy) is 2. The summed E-state index contributed by atoms with van der Waals surface area (Å²) in [4.78, 5) is 6.54. The molecule has 0 amide bonds. The van der Waals surface area contributed by atoms with Gasteiger partial charge in [0.2, 0.25) is 0 Å². The maximum absolute atomic E-state index is 11.2. The van der Waals surface area contributed by atoms with Crippen molar-refractivity contribution in [2.45, 2.75) is 58.7 Å². The second-order valence-corrected chi connectivity index (χ2v) is 10.1. The molecule has 0 saturated carbocycles. The molecular weight excluding hydrogens is 462 g/mol. The fourth-order valence-corrected chi connectivity index (χ4v) is 4.79. The average molecular weight is 498 g/mol. The van der Waals surface area contributed by atoms with E-state index < -0.39 is 5.60 Å². The van der Waals surface area contributed by atoms with Crippen molar-refractivity contribution in [3.05, 3.63) is 76.3 Å². The molecule has 1 saturated heterocycles. The van der Waals surface area contributed by atoms with Gasteiger partial charge in [0.1, 0.15) is 29.5 Å². The van der Waals surface area contributed by atoms with Crippen LogP contribution in [0, 0.1) is 20.8 Å². The molecule has 1 aromatic heterocycles. The Balaban J connectivity index is 1.24. The highest BCUT2D eigenvalue weighted by Gasteiger charge is 2.34. The van der Waals surface area contributed by atoms with Gasteiger partial charge in [-0.2, -0.15) is 0 Å². The van der Waals surface area contributed by atoms with Crippen LogP contribution >= 0.6 is 11.6 Å². The number of imidazole rings is 1. The van der Waals surface area contributed by atoms with Crippen molar-refractivity contribution in [2.24, 2.45) is 0 Å². The van der Waals surface area contributed by atoms with Crippen LogP contribution in [0.1, 0.15) is 41.8 Å². The van der Waals surface area contributed by atoms with Crippen molar-refractivity contribution in [1.29, 1.82) is 0 Å². The Morgan fingerprint density at radius 1 is 1.06 bits per heavy atom. The van der Waals surface area contributed by atoms with E-state index in [0.29, 0.717) is 13.2 Å². The molecule has 0 bridgehead atoms. The molecule has 7 heteroatoms. The molecule has 1 fully saturated rings. The number of piperidine rings is 1. The lowest BCUT2D eigenvalue weighted by molar-refractivity contribution is -0.0621. The van der Waals surface area contributed by atoms with Crippen LogP contribution in [0.4, 0.5) is 0 Å². The molecule has 1 atom stereocenters. The number of aryl methyl sites for hydroxylation is 4. The fourth-order valence-electron chi connectivity index (χ4n) is 4.68. The smallest absolute Gasteiger partial charge is 0.120 e. The molecule has 0 radical (unpaired) electrons. The summed E-state index contributed by atoms with van der Waals surface area (Å²) in [7, 11) is 0. The van der Waals surface area contributed by atoms with Crippen LogP contribution in [0.2, 0.25) is 5.02 Å². The Kier molecular flexibility index (Phi) is 8.37. The molecule has 3 aromatic rings. The van der Waals surface area contributed by atoms with Crippen LogP contribution in [0.3, 0.4) is 0 Å². The minimum absolute atomic E-state index is 0.273. The topological polar surface area (TPSA) is 59.8 Å². The highest BCUT2D eigenvalue weighted by atomic mass is 35.5. The summed E-state index contributed by atoms with van der Waals surface area (Å²) < 4.78 is 14.0. The standard InChI is InChI=1S/C28H36ClN3O3/c1-21-16-26(17-22(2)27(21)29)35-20-28(33)10-4-12-31(19-28)18-24-6-8-25(9-7-24)34-15-5-13-32-14-11-30-23(32)3/h6-9,11,14,16-17,33H,4-5,10,12-13,15,18-20H2,1-3H3/t28-/m1/s1. The molecule has 2 aromatic carbocycles. The van der Waals surface area contributed by atoms with Crippen molar-refractivity contribution >= 4 is 11.6 Å². The van der Waals surface area contributed by atoms with Gasteiger partial charge in [0.25, 0.3) is 0 Å². The molecule has 1 aliphatic rings. The molecule has 0 aliphatic carbocycles. The number of aliphatic hydroxyl groups is 1. The minimum Gasteiger partial charge on any atom is -0.494 e. The number of hydrogen-bond acceptors (Lipinski definition) is 5. The number of benzene rings is 2. The van der Waals surface area contributed by atoms with Crippen molar-refractivity contribution < 1.29 is 14.6 Å². The summed E-state index contributed by atoms with van der Waals surface area (Å²) in [6.07, 6.45) is 6.43. The number of halogens is 1. The Morgan fingerprint density at radius 3 is 2.49 bits per heavy atom. The first-order valence-electron chi connectivity index (χ1n) is 12.4. The number of likely N-dealkylation sites (tertiary alicyclic amines) is 1. The van der Waals surface area contributed by atoms with Gasteiger partial charge in [-0.05, 0) is 87.5 Å². The van der Waals surface area contributed by atoms with Gasteiger partial charge in [-0.3, -0.25) is 4.90 Å². The van der Waals surface area contributed by atoms with Crippen molar-refractivity contribution in [1.82, 2.24) is 14.5 Å². The van der Waals surface area contributed by atoms with Gasteiger partial charge >= 0.3 is 0 Å². The van der Waals surface area contributed by atoms with Gasteiger partial charge in [0, 0.05) is 37.1 Å². The van der Waals surface area contributed by atoms with E-state index in [9.17, 15) is 5.11 Å². The Hall–Kier alpha value is -2.54. The van der Waals surface area contributed by atoms with E-state index in [2.05, 4.69) is 26.6 Å². The van der Waals surface area contributed by atoms with Crippen LogP contribution in [0.25, 0.3) is 0 Å². The van der Waals surface area contributed by atoms with E-state index in [-0.39, 0.29) is 6.61 Å². The van der Waals surface area contributed by atoms with E-state index in [1.165, 1.54) is 5.56 Å². The third-order valence-electron chi connectivity index (χ3n) is 6.62. The van der Waals surface area contributed by atoms with Gasteiger partial charge < -0.3 is 19.1 Å². The molecular formula is C28H36ClN3O3. The summed E-state index contributed by atoms with van der Waals surface area (Å²) in [5.74, 6) is 2.67. The first-order valence-corrected chi connectivity index (χ1v) is 12.7. The van der Waals surface area contributed by atoms with Crippen LogP contribution in [-0.4, -0.2) is 51.5 Å². The van der Waals surface area contributed by atoms with Gasteiger partial charge in [0.15, 0.2) is 0 Å². The number of β-amino-alcohol motifs (C(OH)–C–C–N with tert-alkyl or cyclic N) is 1. The monoisotopic (exact) mass is 497 g/mol. The molecule has 35 heavy (non-hydrogen) atoms. The lowest BCUT2D eigenvalue weighted by atomic mass is 9.93. The van der Waals surface area contributed by atoms with Crippen LogP contribution in [0.15, 0.2) is 48.8 Å². The van der Waals surface area contributed by atoms with E-state index in [0.717, 1.165) is 72.4 Å². The van der Waals surface area contributed by atoms with E-state index in [4.69, 9.17) is 21.1 Å². The molecule has 2 heterocycles. The van der Waals surface area contributed by atoms with Crippen LogP contribution in [-0.2, 0) is 13.1 Å². The number of rotatable bonds is 10. The van der Waals surface area contributed by atoms with Gasteiger partial charge in [-0.1, -0.05) is 23.7 Å². The minimum atomic E-state index is -0.865. The van der Waals surface area contributed by atoms with Gasteiger partial charge in [-0.25, -0.2) is 4.98 Å². The molecule has 6 nitrogen and oxygen atoms in total. The lowest BCUT2D eigenvalue weighted by Gasteiger charge is -2.39. The molecule has 0 unspecified atom stereocenters. The average Bonchev–Trinajstić information content (AvgIpc) is 3.24. The zero-order valence-electron chi connectivity index (χ0n) is 21.0. The molecule has 1 aliphatic heterocycles. The molecule has 188 valence electrons. The van der Waals surface area contributed by atoms with Crippen LogP contribution < -0.4 is 9.47 Å². The number of aromatic nitrogens is 2. The highest BCUT2D eigenvalue weighted by molar-refractivity contribution is 6.32. The quantitative estimate of drug-likeness (QED) is 0.383. The van der Waals surface area contributed by atoms with E-state index in [1.807, 2.05) is 57.4 Å². The summed E-state index contributed by atoms with van der Waals surface area (Å²) in [5, 5.41) is 12.0. The third-order valence-corrected chi connectivity index (χ3v) is 7.21. The lowest BCUT2D eigenvalue weighted by Crippen LogP contribution is -2.51. The predicted molar refractivity (Wildman–Crippen MR) is 139 cm³/mol. The molecule has 4 rings (SSSR count). The Bertz CT molecular complexity index is 1090. The highest BCUT2D eigenvalue weighted by Crippen LogP contribution is 2.28. The van der Waals surface area contributed by atoms with E-state index in [1.54, 1.807) is 0 Å². The van der Waals surface area contributed by atoms with Crippen molar-refractivity contribution in [3.8, 4) is 11.5 Å². The normalized spacial score (nSPS) is 18.5. The second kappa shape index (κ2) is 11.5. The SMILES string of the molecule is Cc1cc(OC[C@@]2(O)CCCN(Cc3ccc(OCCCn4ccnc4C)cc3)C2)cc(C)c1Cl. The van der Waals surface area contributed by atoms with Gasteiger partial charge in [-0.15, -0.1) is 0 Å². The summed E-state index contributed by atoms with van der Waals surface area (Å²) >= 11 is 6.27. The Morgan fingerprint density at radius 2 is 1.80 bits per heavy atom. The molecule has 0 spiro atoms. The zero-order chi connectivity index (χ0) is 24.8. The number of nitrogens with zero attached hydrogens (tertiary/aromatic N) is 3. The summed E-state index contributed by atoms with van der Waals surface area (Å²) in [6.45, 7) is 10.1. The third kappa shape index (κ3) is 7.00. The maximum Gasteiger partial charge on any atom is 0.120 e. The van der Waals surface area contributed by atoms with Crippen molar-refractivity contribution in [2.75, 3.05) is 26.3 Å². The fraction of sp³-hybridized carbons (Fsp3) is 0.464. The van der Waals surface area contributed by atoms with Crippen LogP contribution in [0.5, 0.6) is 11.5 Å². The Labute approximate surface area is 213 Å². The largest absolute Gasteiger partial charge is 0.494 e.